The third kappa shape index (κ3) is 2.99. The van der Waals surface area contributed by atoms with Gasteiger partial charge in [0.15, 0.2) is 5.58 Å². The van der Waals surface area contributed by atoms with Crippen LogP contribution in [0, 0.1) is 0 Å². The first kappa shape index (κ1) is 13.1. The minimum absolute atomic E-state index is 0.00190. The van der Waals surface area contributed by atoms with E-state index < -0.39 is 0 Å². The van der Waals surface area contributed by atoms with E-state index in [4.69, 9.17) is 4.52 Å². The molecule has 0 aliphatic carbocycles. The van der Waals surface area contributed by atoms with Gasteiger partial charge in [-0.05, 0) is 37.9 Å². The Morgan fingerprint density at radius 2 is 2.35 bits per heavy atom. The summed E-state index contributed by atoms with van der Waals surface area (Å²) in [6.45, 7) is 1.82. The molecule has 3 rings (SSSR count). The van der Waals surface area contributed by atoms with Gasteiger partial charge in [-0.15, -0.1) is 0 Å². The van der Waals surface area contributed by atoms with Crippen LogP contribution in [0.2, 0.25) is 0 Å². The van der Waals surface area contributed by atoms with Gasteiger partial charge >= 0.3 is 0 Å². The summed E-state index contributed by atoms with van der Waals surface area (Å²) in [6.07, 6.45) is 3.72. The molecule has 0 radical (unpaired) electrons. The molecule has 5 heteroatoms. The van der Waals surface area contributed by atoms with Crippen molar-refractivity contribution in [2.45, 2.75) is 31.7 Å². The van der Waals surface area contributed by atoms with Crippen molar-refractivity contribution >= 4 is 16.9 Å². The van der Waals surface area contributed by atoms with Crippen molar-refractivity contribution in [3.8, 4) is 0 Å². The highest BCUT2D eigenvalue weighted by atomic mass is 16.5. The zero-order valence-electron chi connectivity index (χ0n) is 11.4. The zero-order valence-corrected chi connectivity index (χ0v) is 11.4. The molecule has 1 saturated heterocycles. The first-order valence-electron chi connectivity index (χ1n) is 7.16. The molecule has 1 aliphatic heterocycles. The largest absolute Gasteiger partial charge is 0.356 e. The van der Waals surface area contributed by atoms with E-state index in [9.17, 15) is 4.79 Å². The summed E-state index contributed by atoms with van der Waals surface area (Å²) in [7, 11) is 0. The molecule has 1 aliphatic rings. The van der Waals surface area contributed by atoms with Gasteiger partial charge in [0.2, 0.25) is 5.91 Å². The van der Waals surface area contributed by atoms with Crippen molar-refractivity contribution in [2.24, 2.45) is 0 Å². The van der Waals surface area contributed by atoms with Crippen LogP contribution >= 0.6 is 0 Å². The van der Waals surface area contributed by atoms with Crippen LogP contribution in [0.5, 0.6) is 0 Å². The normalized spacial score (nSPS) is 18.5. The summed E-state index contributed by atoms with van der Waals surface area (Å²) in [6, 6.07) is 8.16. The molecule has 1 aromatic heterocycles. The van der Waals surface area contributed by atoms with Gasteiger partial charge in [0.1, 0.15) is 5.69 Å². The van der Waals surface area contributed by atoms with Crippen LogP contribution < -0.4 is 10.6 Å². The summed E-state index contributed by atoms with van der Waals surface area (Å²) >= 11 is 0. The molecule has 0 spiro atoms. The number of hydrogen-bond donors (Lipinski definition) is 2. The maximum atomic E-state index is 11.9. The molecule has 20 heavy (non-hydrogen) atoms. The monoisotopic (exact) mass is 273 g/mol. The first-order valence-corrected chi connectivity index (χ1v) is 7.16. The van der Waals surface area contributed by atoms with Crippen molar-refractivity contribution in [1.29, 1.82) is 0 Å². The van der Waals surface area contributed by atoms with Crippen molar-refractivity contribution < 1.29 is 9.32 Å². The fourth-order valence-corrected chi connectivity index (χ4v) is 2.67. The number of nitrogens with zero attached hydrogens (tertiary/aromatic N) is 1. The number of rotatable bonds is 5. The van der Waals surface area contributed by atoms with Crippen LogP contribution in [0.4, 0.5) is 0 Å². The Kier molecular flexibility index (Phi) is 3.97. The quantitative estimate of drug-likeness (QED) is 0.869. The van der Waals surface area contributed by atoms with Gasteiger partial charge in [0, 0.05) is 18.0 Å². The molecule has 0 bridgehead atoms. The Morgan fingerprint density at radius 3 is 3.20 bits per heavy atom. The lowest BCUT2D eigenvalue weighted by molar-refractivity contribution is -0.120. The predicted octanol–water partition coefficient (Wildman–Crippen LogP) is 1.63. The van der Waals surface area contributed by atoms with Crippen LogP contribution in [0.15, 0.2) is 28.8 Å². The van der Waals surface area contributed by atoms with Gasteiger partial charge in [-0.25, -0.2) is 0 Å². The lowest BCUT2D eigenvalue weighted by Gasteiger charge is -2.10. The lowest BCUT2D eigenvalue weighted by atomic mass is 10.1. The van der Waals surface area contributed by atoms with Crippen molar-refractivity contribution in [3.63, 3.8) is 0 Å². The van der Waals surface area contributed by atoms with E-state index in [1.807, 2.05) is 24.3 Å². The molecule has 1 fully saturated rings. The van der Waals surface area contributed by atoms with Gasteiger partial charge in [-0.3, -0.25) is 4.79 Å². The molecule has 2 N–H and O–H groups in total. The number of hydrogen-bond acceptors (Lipinski definition) is 4. The molecule has 2 heterocycles. The van der Waals surface area contributed by atoms with E-state index >= 15 is 0 Å². The van der Waals surface area contributed by atoms with Gasteiger partial charge in [-0.1, -0.05) is 17.3 Å². The van der Waals surface area contributed by atoms with Crippen molar-refractivity contribution in [2.75, 3.05) is 13.1 Å². The van der Waals surface area contributed by atoms with Crippen LogP contribution in [0.1, 0.15) is 25.0 Å². The Labute approximate surface area is 117 Å². The highest BCUT2D eigenvalue weighted by molar-refractivity contribution is 5.86. The van der Waals surface area contributed by atoms with Crippen molar-refractivity contribution in [1.82, 2.24) is 15.8 Å². The molecule has 5 nitrogen and oxygen atoms in total. The number of amides is 1. The average molecular weight is 273 g/mol. The third-order valence-electron chi connectivity index (χ3n) is 3.76. The third-order valence-corrected chi connectivity index (χ3v) is 3.76. The number of aromatic nitrogens is 1. The highest BCUT2D eigenvalue weighted by Crippen LogP contribution is 2.17. The number of carbonyl (C=O) groups is 1. The topological polar surface area (TPSA) is 67.2 Å². The minimum atomic E-state index is 0.00190. The Balaban J connectivity index is 1.50. The molecule has 1 amide bonds. The second-order valence-electron chi connectivity index (χ2n) is 5.23. The Hall–Kier alpha value is -1.88. The van der Waals surface area contributed by atoms with E-state index in [1.165, 1.54) is 12.8 Å². The number of carbonyl (C=O) groups excluding carboxylic acids is 1. The average Bonchev–Trinajstić information content (AvgIpc) is 3.09. The smallest absolute Gasteiger partial charge is 0.226 e. The van der Waals surface area contributed by atoms with E-state index in [0.29, 0.717) is 18.3 Å². The Bertz CT molecular complexity index is 588. The number of nitrogens with one attached hydrogen (secondary N) is 2. The summed E-state index contributed by atoms with van der Waals surface area (Å²) in [5, 5.41) is 11.3. The molecule has 1 aromatic carbocycles. The van der Waals surface area contributed by atoms with E-state index in [-0.39, 0.29) is 12.3 Å². The first-order chi connectivity index (χ1) is 9.83. The number of fused-ring (bicyclic) bond motifs is 1. The second kappa shape index (κ2) is 6.05. The van der Waals surface area contributed by atoms with E-state index in [1.54, 1.807) is 0 Å². The molecular weight excluding hydrogens is 254 g/mol. The van der Waals surface area contributed by atoms with Gasteiger partial charge < -0.3 is 15.2 Å². The number of para-hydroxylation sites is 1. The molecule has 2 aromatic rings. The maximum Gasteiger partial charge on any atom is 0.226 e. The van der Waals surface area contributed by atoms with Crippen molar-refractivity contribution in [3.05, 3.63) is 30.0 Å². The van der Waals surface area contributed by atoms with E-state index in [0.717, 1.165) is 23.9 Å². The summed E-state index contributed by atoms with van der Waals surface area (Å²) in [5.41, 5.74) is 1.43. The minimum Gasteiger partial charge on any atom is -0.356 e. The standard InChI is InChI=1S/C15H19N3O2/c19-15(17-9-7-11-4-3-8-16-11)10-13-12-5-1-2-6-14(12)20-18-13/h1-2,5-6,11,16H,3-4,7-10H2,(H,17,19). The van der Waals surface area contributed by atoms with Gasteiger partial charge in [0.25, 0.3) is 0 Å². The van der Waals surface area contributed by atoms with Crippen LogP contribution in [-0.2, 0) is 11.2 Å². The highest BCUT2D eigenvalue weighted by Gasteiger charge is 2.15. The SMILES string of the molecule is O=C(Cc1noc2ccccc12)NCCC1CCCN1. The molecule has 1 unspecified atom stereocenters. The fraction of sp³-hybridized carbons (Fsp3) is 0.467. The summed E-state index contributed by atoms with van der Waals surface area (Å²) in [5.74, 6) is 0.00190. The predicted molar refractivity (Wildman–Crippen MR) is 76.4 cm³/mol. The molecular formula is C15H19N3O2. The second-order valence-corrected chi connectivity index (χ2v) is 5.23. The van der Waals surface area contributed by atoms with Crippen LogP contribution in [0.25, 0.3) is 11.0 Å². The van der Waals surface area contributed by atoms with Gasteiger partial charge in [0.05, 0.1) is 6.42 Å². The number of benzene rings is 1. The zero-order chi connectivity index (χ0) is 13.8. The molecule has 0 saturated carbocycles. The van der Waals surface area contributed by atoms with Gasteiger partial charge in [-0.2, -0.15) is 0 Å². The summed E-state index contributed by atoms with van der Waals surface area (Å²) in [4.78, 5) is 11.9. The summed E-state index contributed by atoms with van der Waals surface area (Å²) < 4.78 is 5.20. The maximum absolute atomic E-state index is 11.9. The fourth-order valence-electron chi connectivity index (χ4n) is 2.67. The van der Waals surface area contributed by atoms with Crippen LogP contribution in [-0.4, -0.2) is 30.2 Å². The molecule has 106 valence electrons. The lowest BCUT2D eigenvalue weighted by Crippen LogP contribution is -2.31. The Morgan fingerprint density at radius 1 is 1.45 bits per heavy atom. The van der Waals surface area contributed by atoms with E-state index in [2.05, 4.69) is 15.8 Å². The van der Waals surface area contributed by atoms with Crippen LogP contribution in [0.3, 0.4) is 0 Å². The molecule has 1 atom stereocenters.